The first kappa shape index (κ1) is 17.6. The van der Waals surface area contributed by atoms with E-state index in [1.165, 1.54) is 12.1 Å². The Labute approximate surface area is 136 Å². The van der Waals surface area contributed by atoms with Crippen molar-refractivity contribution in [1.29, 1.82) is 0 Å². The van der Waals surface area contributed by atoms with Gasteiger partial charge in [0.15, 0.2) is 5.78 Å². The minimum Gasteiger partial charge on any atom is -0.465 e. The van der Waals surface area contributed by atoms with Crippen molar-refractivity contribution in [3.63, 3.8) is 0 Å². The number of rotatable bonds is 6. The molecule has 0 aromatic carbocycles. The van der Waals surface area contributed by atoms with Crippen LogP contribution in [0.5, 0.6) is 0 Å². The molecule has 3 nitrogen and oxygen atoms in total. The van der Waals surface area contributed by atoms with Crippen LogP contribution in [0.2, 0.25) is 19.6 Å². The molecule has 0 heterocycles. The summed E-state index contributed by atoms with van der Waals surface area (Å²) >= 11 is 2.36. The van der Waals surface area contributed by atoms with E-state index in [4.69, 9.17) is 4.74 Å². The van der Waals surface area contributed by atoms with Gasteiger partial charge in [-0.3, -0.25) is 9.59 Å². The van der Waals surface area contributed by atoms with Crippen molar-refractivity contribution < 1.29 is 14.3 Å². The summed E-state index contributed by atoms with van der Waals surface area (Å²) in [4.78, 5) is 23.0. The largest absolute Gasteiger partial charge is 0.465 e. The van der Waals surface area contributed by atoms with Crippen molar-refractivity contribution in [2.75, 3.05) is 11.0 Å². The molecule has 0 bridgehead atoms. The quantitative estimate of drug-likeness (QED) is 0.293. The summed E-state index contributed by atoms with van der Waals surface area (Å²) in [5, 5.41) is 1.20. The highest BCUT2D eigenvalue weighted by molar-refractivity contribution is 14.1. The number of ether oxygens (including phenoxy) is 1. The van der Waals surface area contributed by atoms with Gasteiger partial charge in [-0.05, 0) is 29.4 Å². The molecule has 0 fully saturated rings. The molecule has 1 unspecified atom stereocenters. The molecule has 1 rings (SSSR count). The smallest absolute Gasteiger partial charge is 0.302 e. The maximum atomic E-state index is 11.8. The monoisotopic (exact) mass is 406 g/mol. The fourth-order valence-corrected chi connectivity index (χ4v) is 5.39. The summed E-state index contributed by atoms with van der Waals surface area (Å²) in [5.74, 6) is -0.213. The fourth-order valence-electron chi connectivity index (χ4n) is 2.66. The number of ketones is 1. The van der Waals surface area contributed by atoms with Gasteiger partial charge < -0.3 is 4.74 Å². The third kappa shape index (κ3) is 4.55. The van der Waals surface area contributed by atoms with Crippen LogP contribution in [0.4, 0.5) is 0 Å². The second-order valence-corrected chi connectivity index (χ2v) is 12.4. The van der Waals surface area contributed by atoms with E-state index in [9.17, 15) is 9.59 Å². The lowest BCUT2D eigenvalue weighted by Crippen LogP contribution is -2.42. The molecule has 0 saturated heterocycles. The Balaban J connectivity index is 3.16. The van der Waals surface area contributed by atoms with Crippen molar-refractivity contribution in [3.05, 3.63) is 23.4 Å². The first-order valence-electron chi connectivity index (χ1n) is 6.86. The van der Waals surface area contributed by atoms with E-state index in [0.29, 0.717) is 6.61 Å². The molecule has 5 heteroatoms. The molecule has 0 saturated carbocycles. The summed E-state index contributed by atoms with van der Waals surface area (Å²) in [5.41, 5.74) is -0.283. The van der Waals surface area contributed by atoms with Gasteiger partial charge >= 0.3 is 5.97 Å². The highest BCUT2D eigenvalue weighted by Crippen LogP contribution is 2.42. The number of allylic oxidation sites excluding steroid dienone is 2. The van der Waals surface area contributed by atoms with E-state index in [2.05, 4.69) is 42.2 Å². The van der Waals surface area contributed by atoms with Gasteiger partial charge in [-0.25, -0.2) is 0 Å². The molecule has 112 valence electrons. The predicted molar refractivity (Wildman–Crippen MR) is 92.8 cm³/mol. The lowest BCUT2D eigenvalue weighted by Gasteiger charge is -2.40. The summed E-state index contributed by atoms with van der Waals surface area (Å²) in [6.45, 7) is 8.48. The lowest BCUT2D eigenvalue weighted by molar-refractivity contribution is -0.143. The van der Waals surface area contributed by atoms with Crippen molar-refractivity contribution in [1.82, 2.24) is 0 Å². The molecule has 1 aliphatic carbocycles. The van der Waals surface area contributed by atoms with E-state index in [0.717, 1.165) is 17.3 Å². The molecule has 0 aromatic heterocycles. The number of hydrogen-bond donors (Lipinski definition) is 0. The van der Waals surface area contributed by atoms with E-state index in [1.54, 1.807) is 12.2 Å². The molecule has 0 radical (unpaired) electrons. The normalized spacial score (nSPS) is 22.6. The SMILES string of the molecule is CC(=O)OCC1(CCCI)C=CC(=O)C=C1[Si](C)(C)C. The molecule has 20 heavy (non-hydrogen) atoms. The van der Waals surface area contributed by atoms with Crippen LogP contribution in [-0.4, -0.2) is 30.9 Å². The minimum absolute atomic E-state index is 0.0512. The Bertz CT molecular complexity index is 449. The minimum atomic E-state index is -1.66. The molecule has 0 N–H and O–H groups in total. The van der Waals surface area contributed by atoms with Gasteiger partial charge in [0.2, 0.25) is 0 Å². The van der Waals surface area contributed by atoms with Crippen LogP contribution >= 0.6 is 22.6 Å². The second-order valence-electron chi connectivity index (χ2n) is 6.27. The number of halogens is 1. The number of alkyl halides is 1. The number of esters is 1. The van der Waals surface area contributed by atoms with Gasteiger partial charge in [-0.15, -0.1) is 0 Å². The van der Waals surface area contributed by atoms with E-state index >= 15 is 0 Å². The Morgan fingerprint density at radius 3 is 2.55 bits per heavy atom. The molecule has 1 aliphatic rings. The number of carbonyl (C=O) groups excluding carboxylic acids is 2. The van der Waals surface area contributed by atoms with Gasteiger partial charge in [0, 0.05) is 12.3 Å². The molecule has 0 amide bonds. The van der Waals surface area contributed by atoms with Crippen LogP contribution in [-0.2, 0) is 14.3 Å². The summed E-state index contributed by atoms with van der Waals surface area (Å²) in [6, 6.07) is 0. The topological polar surface area (TPSA) is 43.4 Å². The number of carbonyl (C=O) groups is 2. The number of hydrogen-bond acceptors (Lipinski definition) is 3. The van der Waals surface area contributed by atoms with E-state index in [1.807, 2.05) is 6.08 Å². The zero-order valence-corrected chi connectivity index (χ0v) is 15.8. The Hall–Kier alpha value is -0.433. The second kappa shape index (κ2) is 7.02. The highest BCUT2D eigenvalue weighted by Gasteiger charge is 2.41. The third-order valence-corrected chi connectivity index (χ3v) is 6.51. The Morgan fingerprint density at radius 2 is 2.05 bits per heavy atom. The van der Waals surface area contributed by atoms with Crippen LogP contribution in [0.1, 0.15) is 19.8 Å². The van der Waals surface area contributed by atoms with Crippen LogP contribution < -0.4 is 0 Å². The molecular formula is C15H23IO3Si. The standard InChI is InChI=1S/C15H23IO3Si/c1-12(17)19-11-15(7-5-9-16)8-6-13(18)10-14(15)20(2,3)4/h6,8,10H,5,7,9,11H2,1-4H3. The Kier molecular flexibility index (Phi) is 6.18. The molecular weight excluding hydrogens is 383 g/mol. The molecule has 0 spiro atoms. The highest BCUT2D eigenvalue weighted by atomic mass is 127. The van der Waals surface area contributed by atoms with Crippen LogP contribution in [0, 0.1) is 5.41 Å². The summed E-state index contributed by atoms with van der Waals surface area (Å²) in [6.07, 6.45) is 7.34. The van der Waals surface area contributed by atoms with Gasteiger partial charge in [0.25, 0.3) is 0 Å². The molecule has 0 aliphatic heterocycles. The lowest BCUT2D eigenvalue weighted by atomic mass is 9.80. The van der Waals surface area contributed by atoms with Crippen LogP contribution in [0.15, 0.2) is 23.4 Å². The van der Waals surface area contributed by atoms with Crippen LogP contribution in [0.25, 0.3) is 0 Å². The maximum absolute atomic E-state index is 11.8. The average molecular weight is 406 g/mol. The van der Waals surface area contributed by atoms with Crippen molar-refractivity contribution >= 4 is 42.4 Å². The van der Waals surface area contributed by atoms with Gasteiger partial charge in [0.05, 0.1) is 8.07 Å². The summed E-state index contributed by atoms with van der Waals surface area (Å²) in [7, 11) is -1.66. The maximum Gasteiger partial charge on any atom is 0.302 e. The first-order chi connectivity index (χ1) is 9.21. The van der Waals surface area contributed by atoms with Crippen LogP contribution in [0.3, 0.4) is 0 Å². The average Bonchev–Trinajstić information content (AvgIpc) is 2.35. The van der Waals surface area contributed by atoms with Crippen molar-refractivity contribution in [3.8, 4) is 0 Å². The van der Waals surface area contributed by atoms with Gasteiger partial charge in [-0.2, -0.15) is 0 Å². The predicted octanol–water partition coefficient (Wildman–Crippen LogP) is 3.69. The molecule has 1 atom stereocenters. The van der Waals surface area contributed by atoms with E-state index < -0.39 is 8.07 Å². The van der Waals surface area contributed by atoms with E-state index in [-0.39, 0.29) is 17.2 Å². The van der Waals surface area contributed by atoms with Gasteiger partial charge in [0.1, 0.15) is 6.61 Å². The Morgan fingerprint density at radius 1 is 1.40 bits per heavy atom. The van der Waals surface area contributed by atoms with Crippen molar-refractivity contribution in [2.45, 2.75) is 39.4 Å². The summed E-state index contributed by atoms with van der Waals surface area (Å²) < 4.78 is 6.38. The first-order valence-corrected chi connectivity index (χ1v) is 11.9. The van der Waals surface area contributed by atoms with Gasteiger partial charge in [-0.1, -0.05) is 53.5 Å². The molecule has 0 aromatic rings. The fraction of sp³-hybridized carbons (Fsp3) is 0.600. The third-order valence-electron chi connectivity index (χ3n) is 3.49. The zero-order valence-electron chi connectivity index (χ0n) is 12.7. The zero-order chi connectivity index (χ0) is 15.4. The van der Waals surface area contributed by atoms with Crippen molar-refractivity contribution in [2.24, 2.45) is 5.41 Å².